The Hall–Kier alpha value is -3.65. The number of thioether (sulfide) groups is 1. The number of anilines is 1. The molecule has 0 saturated carbocycles. The molecule has 0 aliphatic rings. The van der Waals surface area contributed by atoms with Crippen LogP contribution in [0.25, 0.3) is 0 Å². The Labute approximate surface area is 184 Å². The van der Waals surface area contributed by atoms with E-state index < -0.39 is 4.92 Å². The van der Waals surface area contributed by atoms with Gasteiger partial charge < -0.3 is 10.6 Å². The van der Waals surface area contributed by atoms with Crippen LogP contribution in [-0.4, -0.2) is 22.5 Å². The maximum Gasteiger partial charge on any atom is 0.269 e. The zero-order valence-corrected chi connectivity index (χ0v) is 17.6. The molecule has 3 rings (SSSR count). The molecular formula is C23H21N3O4S. The summed E-state index contributed by atoms with van der Waals surface area (Å²) >= 11 is 1.28. The van der Waals surface area contributed by atoms with Crippen molar-refractivity contribution in [2.75, 3.05) is 11.1 Å². The maximum absolute atomic E-state index is 12.6. The standard InChI is InChI=1S/C23H21N3O4S/c1-16-6-10-18(11-7-16)25-22(27)15-31-21-5-3-2-4-20(21)23(28)24-14-17-8-12-19(13-9-17)26(29)30/h2-13H,14-15H2,1H3,(H,24,28)(H,25,27). The zero-order valence-electron chi connectivity index (χ0n) is 16.8. The Balaban J connectivity index is 1.57. The molecule has 0 atom stereocenters. The average molecular weight is 436 g/mol. The fourth-order valence-electron chi connectivity index (χ4n) is 2.77. The summed E-state index contributed by atoms with van der Waals surface area (Å²) in [5.74, 6) is -0.268. The first-order valence-electron chi connectivity index (χ1n) is 9.52. The molecule has 0 saturated heterocycles. The summed E-state index contributed by atoms with van der Waals surface area (Å²) in [5.41, 5.74) is 3.06. The number of nitro benzene ring substituents is 1. The first-order valence-corrected chi connectivity index (χ1v) is 10.5. The summed E-state index contributed by atoms with van der Waals surface area (Å²) < 4.78 is 0. The van der Waals surface area contributed by atoms with E-state index in [1.807, 2.05) is 37.3 Å². The van der Waals surface area contributed by atoms with Crippen molar-refractivity contribution in [2.24, 2.45) is 0 Å². The molecule has 8 heteroatoms. The van der Waals surface area contributed by atoms with Gasteiger partial charge in [-0.25, -0.2) is 0 Å². The Bertz CT molecular complexity index is 1080. The summed E-state index contributed by atoms with van der Waals surface area (Å²) in [6, 6.07) is 20.6. The highest BCUT2D eigenvalue weighted by Crippen LogP contribution is 2.23. The summed E-state index contributed by atoms with van der Waals surface area (Å²) in [4.78, 5) is 35.9. The van der Waals surface area contributed by atoms with Gasteiger partial charge in [0, 0.05) is 29.3 Å². The van der Waals surface area contributed by atoms with Gasteiger partial charge in [-0.15, -0.1) is 11.8 Å². The molecule has 0 aliphatic carbocycles. The van der Waals surface area contributed by atoms with Gasteiger partial charge in [0.25, 0.3) is 11.6 Å². The molecular weight excluding hydrogens is 414 g/mol. The lowest BCUT2D eigenvalue weighted by atomic mass is 10.2. The molecule has 0 aliphatic heterocycles. The van der Waals surface area contributed by atoms with Gasteiger partial charge in [-0.2, -0.15) is 0 Å². The molecule has 3 aromatic rings. The molecule has 0 bridgehead atoms. The third kappa shape index (κ3) is 6.42. The summed E-state index contributed by atoms with van der Waals surface area (Å²) in [5, 5.41) is 16.4. The van der Waals surface area contributed by atoms with Gasteiger partial charge in [0.2, 0.25) is 5.91 Å². The molecule has 0 fully saturated rings. The van der Waals surface area contributed by atoms with Crippen molar-refractivity contribution in [1.82, 2.24) is 5.32 Å². The van der Waals surface area contributed by atoms with Crippen molar-refractivity contribution >= 4 is 35.0 Å². The van der Waals surface area contributed by atoms with Crippen LogP contribution in [0.3, 0.4) is 0 Å². The number of carbonyl (C=O) groups excluding carboxylic acids is 2. The number of benzene rings is 3. The predicted molar refractivity (Wildman–Crippen MR) is 121 cm³/mol. The summed E-state index contributed by atoms with van der Waals surface area (Å²) in [6.07, 6.45) is 0. The number of carbonyl (C=O) groups is 2. The number of hydrogen-bond acceptors (Lipinski definition) is 5. The van der Waals surface area contributed by atoms with E-state index in [0.717, 1.165) is 16.8 Å². The molecule has 0 unspecified atom stereocenters. The van der Waals surface area contributed by atoms with Gasteiger partial charge >= 0.3 is 0 Å². The van der Waals surface area contributed by atoms with Crippen molar-refractivity contribution in [3.63, 3.8) is 0 Å². The second-order valence-electron chi connectivity index (χ2n) is 6.81. The van der Waals surface area contributed by atoms with E-state index in [0.29, 0.717) is 10.5 Å². The maximum atomic E-state index is 12.6. The third-order valence-electron chi connectivity index (χ3n) is 4.43. The highest BCUT2D eigenvalue weighted by atomic mass is 32.2. The van der Waals surface area contributed by atoms with Crippen LogP contribution in [0.5, 0.6) is 0 Å². The third-order valence-corrected chi connectivity index (χ3v) is 5.50. The Morgan fingerprint density at radius 2 is 1.65 bits per heavy atom. The van der Waals surface area contributed by atoms with E-state index in [4.69, 9.17) is 0 Å². The van der Waals surface area contributed by atoms with E-state index in [-0.39, 0.29) is 29.8 Å². The number of amides is 2. The lowest BCUT2D eigenvalue weighted by molar-refractivity contribution is -0.384. The van der Waals surface area contributed by atoms with Crippen molar-refractivity contribution in [3.05, 3.63) is 99.6 Å². The van der Waals surface area contributed by atoms with Crippen molar-refractivity contribution in [2.45, 2.75) is 18.4 Å². The molecule has 0 heterocycles. The minimum atomic E-state index is -0.467. The van der Waals surface area contributed by atoms with Crippen LogP contribution in [0.15, 0.2) is 77.7 Å². The van der Waals surface area contributed by atoms with Crippen LogP contribution in [0.1, 0.15) is 21.5 Å². The molecule has 0 spiro atoms. The second-order valence-corrected chi connectivity index (χ2v) is 7.82. The highest BCUT2D eigenvalue weighted by Gasteiger charge is 2.13. The van der Waals surface area contributed by atoms with E-state index in [2.05, 4.69) is 10.6 Å². The number of non-ortho nitro benzene ring substituents is 1. The number of hydrogen-bond donors (Lipinski definition) is 2. The minimum Gasteiger partial charge on any atom is -0.348 e. The van der Waals surface area contributed by atoms with Crippen LogP contribution in [-0.2, 0) is 11.3 Å². The molecule has 0 radical (unpaired) electrons. The largest absolute Gasteiger partial charge is 0.348 e. The first-order chi connectivity index (χ1) is 14.9. The van der Waals surface area contributed by atoms with Gasteiger partial charge in [0.15, 0.2) is 0 Å². The smallest absolute Gasteiger partial charge is 0.269 e. The van der Waals surface area contributed by atoms with Crippen LogP contribution in [0, 0.1) is 17.0 Å². The summed E-state index contributed by atoms with van der Waals surface area (Å²) in [6.45, 7) is 2.22. The first kappa shape index (κ1) is 22.0. The normalized spacial score (nSPS) is 10.4. The highest BCUT2D eigenvalue weighted by molar-refractivity contribution is 8.00. The van der Waals surface area contributed by atoms with Crippen LogP contribution in [0.2, 0.25) is 0 Å². The SMILES string of the molecule is Cc1ccc(NC(=O)CSc2ccccc2C(=O)NCc2ccc([N+](=O)[O-])cc2)cc1. The zero-order chi connectivity index (χ0) is 22.2. The van der Waals surface area contributed by atoms with Crippen molar-refractivity contribution < 1.29 is 14.5 Å². The molecule has 2 amide bonds. The van der Waals surface area contributed by atoms with Crippen LogP contribution in [0.4, 0.5) is 11.4 Å². The van der Waals surface area contributed by atoms with Gasteiger partial charge in [-0.05, 0) is 36.8 Å². The van der Waals surface area contributed by atoms with E-state index in [1.165, 1.54) is 23.9 Å². The number of rotatable bonds is 8. The number of nitrogens with zero attached hydrogens (tertiary/aromatic N) is 1. The second kappa shape index (κ2) is 10.4. The van der Waals surface area contributed by atoms with Crippen LogP contribution < -0.4 is 10.6 Å². The Kier molecular flexibility index (Phi) is 7.40. The fourth-order valence-corrected chi connectivity index (χ4v) is 3.62. The predicted octanol–water partition coefficient (Wildman–Crippen LogP) is 4.56. The topological polar surface area (TPSA) is 101 Å². The van der Waals surface area contributed by atoms with E-state index >= 15 is 0 Å². The lowest BCUT2D eigenvalue weighted by Gasteiger charge is -2.10. The fraction of sp³-hybridized carbons (Fsp3) is 0.130. The molecule has 158 valence electrons. The molecule has 31 heavy (non-hydrogen) atoms. The summed E-state index contributed by atoms with van der Waals surface area (Å²) in [7, 11) is 0. The number of nitrogens with one attached hydrogen (secondary N) is 2. The minimum absolute atomic E-state index is 0.000682. The Morgan fingerprint density at radius 1 is 0.968 bits per heavy atom. The molecule has 3 aromatic carbocycles. The number of aryl methyl sites for hydroxylation is 1. The van der Waals surface area contributed by atoms with Crippen molar-refractivity contribution in [1.29, 1.82) is 0 Å². The van der Waals surface area contributed by atoms with Gasteiger partial charge in [0.05, 0.1) is 16.2 Å². The van der Waals surface area contributed by atoms with E-state index in [9.17, 15) is 19.7 Å². The number of nitro groups is 1. The average Bonchev–Trinajstić information content (AvgIpc) is 2.78. The quantitative estimate of drug-likeness (QED) is 0.307. The van der Waals surface area contributed by atoms with Gasteiger partial charge in [-0.1, -0.05) is 42.0 Å². The van der Waals surface area contributed by atoms with Crippen LogP contribution >= 0.6 is 11.8 Å². The molecule has 2 N–H and O–H groups in total. The van der Waals surface area contributed by atoms with Crippen molar-refractivity contribution in [3.8, 4) is 0 Å². The van der Waals surface area contributed by atoms with Gasteiger partial charge in [0.1, 0.15) is 0 Å². The Morgan fingerprint density at radius 3 is 2.32 bits per heavy atom. The lowest BCUT2D eigenvalue weighted by Crippen LogP contribution is -2.23. The monoisotopic (exact) mass is 435 g/mol. The van der Waals surface area contributed by atoms with E-state index in [1.54, 1.807) is 30.3 Å². The van der Waals surface area contributed by atoms with Gasteiger partial charge in [-0.3, -0.25) is 19.7 Å². The molecule has 7 nitrogen and oxygen atoms in total. The molecule has 0 aromatic heterocycles.